The van der Waals surface area contributed by atoms with Gasteiger partial charge >= 0.3 is 0 Å². The summed E-state index contributed by atoms with van der Waals surface area (Å²) in [5.74, 6) is 0.562. The molecule has 0 unspecified atom stereocenters. The van der Waals surface area contributed by atoms with E-state index in [9.17, 15) is 0 Å². The van der Waals surface area contributed by atoms with Gasteiger partial charge in [0.05, 0.1) is 16.9 Å². The van der Waals surface area contributed by atoms with Crippen LogP contribution >= 0.6 is 11.3 Å². The van der Waals surface area contributed by atoms with Crippen LogP contribution in [0.25, 0.3) is 5.65 Å². The SMILES string of the molecule is Cc1cc2nc(C3CCN(Cc4cscn4)CC3)ccn2n1. The van der Waals surface area contributed by atoms with Crippen molar-refractivity contribution >= 4 is 17.0 Å². The van der Waals surface area contributed by atoms with E-state index in [-0.39, 0.29) is 0 Å². The Morgan fingerprint density at radius 2 is 2.18 bits per heavy atom. The van der Waals surface area contributed by atoms with Gasteiger partial charge in [0.25, 0.3) is 0 Å². The molecule has 0 aliphatic carbocycles. The van der Waals surface area contributed by atoms with Crippen molar-refractivity contribution in [1.29, 1.82) is 0 Å². The Morgan fingerprint density at radius 1 is 1.32 bits per heavy atom. The van der Waals surface area contributed by atoms with Gasteiger partial charge in [0.2, 0.25) is 0 Å². The largest absolute Gasteiger partial charge is 0.297 e. The summed E-state index contributed by atoms with van der Waals surface area (Å²) in [7, 11) is 0. The summed E-state index contributed by atoms with van der Waals surface area (Å²) < 4.78 is 1.86. The molecule has 0 bridgehead atoms. The fourth-order valence-corrected chi connectivity index (χ4v) is 3.72. The zero-order chi connectivity index (χ0) is 14.9. The highest BCUT2D eigenvalue weighted by molar-refractivity contribution is 7.07. The van der Waals surface area contributed by atoms with Crippen molar-refractivity contribution in [2.24, 2.45) is 0 Å². The van der Waals surface area contributed by atoms with Crippen molar-refractivity contribution in [3.63, 3.8) is 0 Å². The summed E-state index contributed by atoms with van der Waals surface area (Å²) in [6, 6.07) is 4.17. The highest BCUT2D eigenvalue weighted by Gasteiger charge is 2.22. The number of aryl methyl sites for hydroxylation is 1. The van der Waals surface area contributed by atoms with Gasteiger partial charge in [-0.3, -0.25) is 4.90 Å². The van der Waals surface area contributed by atoms with Crippen molar-refractivity contribution in [2.45, 2.75) is 32.2 Å². The number of rotatable bonds is 3. The molecular formula is C16H19N5S. The molecule has 6 heteroatoms. The van der Waals surface area contributed by atoms with Crippen LogP contribution in [-0.2, 0) is 6.54 Å². The van der Waals surface area contributed by atoms with E-state index in [0.29, 0.717) is 5.92 Å². The lowest BCUT2D eigenvalue weighted by Crippen LogP contribution is -2.32. The van der Waals surface area contributed by atoms with Crippen LogP contribution in [0.5, 0.6) is 0 Å². The van der Waals surface area contributed by atoms with Crippen LogP contribution in [-0.4, -0.2) is 37.6 Å². The van der Waals surface area contributed by atoms with Crippen LogP contribution in [0.3, 0.4) is 0 Å². The summed E-state index contributed by atoms with van der Waals surface area (Å²) >= 11 is 1.67. The third kappa shape index (κ3) is 2.76. The van der Waals surface area contributed by atoms with Gasteiger partial charge in [0.1, 0.15) is 0 Å². The minimum atomic E-state index is 0.562. The number of nitrogens with zero attached hydrogens (tertiary/aromatic N) is 5. The maximum absolute atomic E-state index is 4.79. The molecule has 1 fully saturated rings. The third-order valence-electron chi connectivity index (χ3n) is 4.34. The maximum atomic E-state index is 4.79. The zero-order valence-electron chi connectivity index (χ0n) is 12.6. The van der Waals surface area contributed by atoms with E-state index in [1.54, 1.807) is 11.3 Å². The number of aromatic nitrogens is 4. The van der Waals surface area contributed by atoms with Crippen molar-refractivity contribution in [1.82, 2.24) is 24.5 Å². The highest BCUT2D eigenvalue weighted by atomic mass is 32.1. The van der Waals surface area contributed by atoms with Gasteiger partial charge in [0, 0.05) is 35.8 Å². The van der Waals surface area contributed by atoms with Crippen LogP contribution < -0.4 is 0 Å². The van der Waals surface area contributed by atoms with Gasteiger partial charge in [0.15, 0.2) is 5.65 Å². The predicted octanol–water partition coefficient (Wildman–Crippen LogP) is 2.87. The number of hydrogen-bond donors (Lipinski definition) is 0. The lowest BCUT2D eigenvalue weighted by atomic mass is 9.93. The van der Waals surface area contributed by atoms with E-state index in [1.165, 1.54) is 24.2 Å². The molecule has 4 heterocycles. The summed E-state index contributed by atoms with van der Waals surface area (Å²) in [5, 5.41) is 6.54. The minimum Gasteiger partial charge on any atom is -0.297 e. The van der Waals surface area contributed by atoms with E-state index in [4.69, 9.17) is 4.98 Å². The third-order valence-corrected chi connectivity index (χ3v) is 4.98. The van der Waals surface area contributed by atoms with Crippen LogP contribution in [0.2, 0.25) is 0 Å². The summed E-state index contributed by atoms with van der Waals surface area (Å²) in [6.45, 7) is 5.22. The first-order chi connectivity index (χ1) is 10.8. The average molecular weight is 313 g/mol. The second kappa shape index (κ2) is 5.78. The van der Waals surface area contributed by atoms with Gasteiger partial charge < -0.3 is 0 Å². The Bertz CT molecular complexity index is 756. The molecule has 0 saturated carbocycles. The molecule has 4 rings (SSSR count). The first kappa shape index (κ1) is 13.8. The number of hydrogen-bond acceptors (Lipinski definition) is 5. The van der Waals surface area contributed by atoms with E-state index in [2.05, 4.69) is 26.4 Å². The Labute approximate surface area is 133 Å². The highest BCUT2D eigenvalue weighted by Crippen LogP contribution is 2.27. The van der Waals surface area contributed by atoms with Crippen LogP contribution in [0, 0.1) is 6.92 Å². The van der Waals surface area contributed by atoms with Crippen molar-refractivity contribution < 1.29 is 0 Å². The second-order valence-corrected chi connectivity index (χ2v) is 6.69. The molecule has 22 heavy (non-hydrogen) atoms. The smallest absolute Gasteiger partial charge is 0.155 e. The molecule has 3 aromatic rings. The summed E-state index contributed by atoms with van der Waals surface area (Å²) in [5.41, 5.74) is 6.29. The predicted molar refractivity (Wildman–Crippen MR) is 87.1 cm³/mol. The summed E-state index contributed by atoms with van der Waals surface area (Å²) in [6.07, 6.45) is 4.37. The molecule has 1 aliphatic heterocycles. The molecule has 0 amide bonds. The number of piperidine rings is 1. The minimum absolute atomic E-state index is 0.562. The monoisotopic (exact) mass is 313 g/mol. The molecule has 1 saturated heterocycles. The normalized spacial score (nSPS) is 17.3. The van der Waals surface area contributed by atoms with Gasteiger partial charge in [-0.1, -0.05) is 0 Å². The Kier molecular flexibility index (Phi) is 3.63. The number of fused-ring (bicyclic) bond motifs is 1. The summed E-state index contributed by atoms with van der Waals surface area (Å²) in [4.78, 5) is 11.7. The molecule has 1 aliphatic rings. The lowest BCUT2D eigenvalue weighted by molar-refractivity contribution is 0.201. The molecule has 5 nitrogen and oxygen atoms in total. The number of thiazole rings is 1. The molecule has 0 atom stereocenters. The van der Waals surface area contributed by atoms with E-state index < -0.39 is 0 Å². The van der Waals surface area contributed by atoms with E-state index in [1.807, 2.05) is 29.2 Å². The molecule has 0 spiro atoms. The Balaban J connectivity index is 1.43. The first-order valence-corrected chi connectivity index (χ1v) is 8.64. The number of likely N-dealkylation sites (tertiary alicyclic amines) is 1. The first-order valence-electron chi connectivity index (χ1n) is 7.70. The standard InChI is InChI=1S/C16H19N5S/c1-12-8-16-18-15(4-7-21(16)19-12)13-2-5-20(6-3-13)9-14-10-22-11-17-14/h4,7-8,10-11,13H,2-3,5-6,9H2,1H3. The molecule has 0 N–H and O–H groups in total. The fourth-order valence-electron chi connectivity index (χ4n) is 3.17. The van der Waals surface area contributed by atoms with Crippen LogP contribution in [0.15, 0.2) is 29.2 Å². The zero-order valence-corrected chi connectivity index (χ0v) is 13.5. The Morgan fingerprint density at radius 3 is 2.95 bits per heavy atom. The van der Waals surface area contributed by atoms with Gasteiger partial charge in [-0.2, -0.15) is 5.10 Å². The average Bonchev–Trinajstić information content (AvgIpc) is 3.15. The topological polar surface area (TPSA) is 46.3 Å². The van der Waals surface area contributed by atoms with E-state index >= 15 is 0 Å². The van der Waals surface area contributed by atoms with Crippen LogP contribution in [0.1, 0.15) is 35.8 Å². The molecular weight excluding hydrogens is 294 g/mol. The maximum Gasteiger partial charge on any atom is 0.155 e. The Hall–Kier alpha value is -1.79. The quantitative estimate of drug-likeness (QED) is 0.746. The van der Waals surface area contributed by atoms with E-state index in [0.717, 1.165) is 31.0 Å². The van der Waals surface area contributed by atoms with Gasteiger partial charge in [-0.15, -0.1) is 11.3 Å². The lowest BCUT2D eigenvalue weighted by Gasteiger charge is -2.31. The molecule has 114 valence electrons. The second-order valence-electron chi connectivity index (χ2n) is 5.97. The fraction of sp³-hybridized carbons (Fsp3) is 0.438. The van der Waals surface area contributed by atoms with Crippen molar-refractivity contribution in [3.8, 4) is 0 Å². The van der Waals surface area contributed by atoms with Crippen molar-refractivity contribution in [2.75, 3.05) is 13.1 Å². The van der Waals surface area contributed by atoms with Crippen molar-refractivity contribution in [3.05, 3.63) is 46.3 Å². The van der Waals surface area contributed by atoms with Gasteiger partial charge in [-0.05, 0) is 38.9 Å². The molecule has 3 aromatic heterocycles. The molecule has 0 aromatic carbocycles. The van der Waals surface area contributed by atoms with Gasteiger partial charge in [-0.25, -0.2) is 14.5 Å². The molecule has 0 radical (unpaired) electrons. The van der Waals surface area contributed by atoms with Crippen LogP contribution in [0.4, 0.5) is 0 Å².